The van der Waals surface area contributed by atoms with Gasteiger partial charge in [0.1, 0.15) is 5.15 Å². The molecule has 0 aliphatic rings. The van der Waals surface area contributed by atoms with Crippen molar-refractivity contribution >= 4 is 40.4 Å². The fourth-order valence-electron chi connectivity index (χ4n) is 2.10. The largest absolute Gasteiger partial charge is 0.449 e. The third-order valence-corrected chi connectivity index (χ3v) is 3.48. The van der Waals surface area contributed by atoms with Crippen LogP contribution in [0.25, 0.3) is 10.9 Å². The molecule has 2 N–H and O–H groups in total. The standard InChI is InChI=1S/C18H20ClN3O4/c1-10(15(23)21-17(25)22-18(2,3)4)26-16(24)12-5-7-13-11(9-12)6-8-14(19)20-13/h5-10H,1-4H3,(H2,21,22,23,25). The second-order valence-corrected chi connectivity index (χ2v) is 7.17. The van der Waals surface area contributed by atoms with E-state index in [1.165, 1.54) is 13.0 Å². The summed E-state index contributed by atoms with van der Waals surface area (Å²) < 4.78 is 5.12. The van der Waals surface area contributed by atoms with Gasteiger partial charge in [-0.1, -0.05) is 11.6 Å². The summed E-state index contributed by atoms with van der Waals surface area (Å²) in [5.41, 5.74) is 0.408. The van der Waals surface area contributed by atoms with Crippen molar-refractivity contribution < 1.29 is 19.1 Å². The lowest BCUT2D eigenvalue weighted by Gasteiger charge is -2.21. The summed E-state index contributed by atoms with van der Waals surface area (Å²) in [4.78, 5) is 40.1. The number of imide groups is 1. The normalized spacial score (nSPS) is 12.3. The topological polar surface area (TPSA) is 97.4 Å². The van der Waals surface area contributed by atoms with E-state index in [4.69, 9.17) is 16.3 Å². The van der Waals surface area contributed by atoms with Crippen LogP contribution in [0.2, 0.25) is 5.15 Å². The third kappa shape index (κ3) is 5.42. The fourth-order valence-corrected chi connectivity index (χ4v) is 2.25. The molecule has 3 amide bonds. The predicted octanol–water partition coefficient (Wildman–Crippen LogP) is 3.06. The van der Waals surface area contributed by atoms with Crippen LogP contribution >= 0.6 is 11.6 Å². The Bertz CT molecular complexity index is 861. The summed E-state index contributed by atoms with van der Waals surface area (Å²) in [6.07, 6.45) is -1.13. The average molecular weight is 378 g/mol. The van der Waals surface area contributed by atoms with Gasteiger partial charge in [-0.3, -0.25) is 10.1 Å². The van der Waals surface area contributed by atoms with E-state index in [1.54, 1.807) is 45.0 Å². The van der Waals surface area contributed by atoms with E-state index >= 15 is 0 Å². The van der Waals surface area contributed by atoms with Crippen molar-refractivity contribution in [3.8, 4) is 0 Å². The van der Waals surface area contributed by atoms with Crippen LogP contribution < -0.4 is 10.6 Å². The maximum atomic E-state index is 12.2. The molecular formula is C18H20ClN3O4. The van der Waals surface area contributed by atoms with Crippen LogP contribution in [-0.4, -0.2) is 34.5 Å². The molecule has 1 aromatic heterocycles. The summed E-state index contributed by atoms with van der Waals surface area (Å²) in [6.45, 7) is 6.73. The molecule has 0 aliphatic carbocycles. The fraction of sp³-hybridized carbons (Fsp3) is 0.333. The minimum absolute atomic E-state index is 0.264. The van der Waals surface area contributed by atoms with Crippen molar-refractivity contribution in [2.75, 3.05) is 0 Å². The number of benzene rings is 1. The molecule has 0 radical (unpaired) electrons. The van der Waals surface area contributed by atoms with Gasteiger partial charge in [-0.2, -0.15) is 0 Å². The quantitative estimate of drug-likeness (QED) is 0.632. The van der Waals surface area contributed by atoms with E-state index in [9.17, 15) is 14.4 Å². The summed E-state index contributed by atoms with van der Waals surface area (Å²) in [5.74, 6) is -1.39. The highest BCUT2D eigenvalue weighted by Crippen LogP contribution is 2.18. The number of nitrogens with one attached hydrogen (secondary N) is 2. The van der Waals surface area contributed by atoms with Gasteiger partial charge in [0.15, 0.2) is 6.10 Å². The smallest absolute Gasteiger partial charge is 0.338 e. The summed E-state index contributed by atoms with van der Waals surface area (Å²) in [6, 6.07) is 7.46. The molecule has 0 bridgehead atoms. The molecule has 0 saturated heterocycles. The number of carbonyl (C=O) groups is 3. The molecule has 1 atom stereocenters. The Kier molecular flexibility index (Phi) is 5.82. The van der Waals surface area contributed by atoms with E-state index in [0.717, 1.165) is 0 Å². The molecule has 2 rings (SSSR count). The highest BCUT2D eigenvalue weighted by molar-refractivity contribution is 6.29. The molecule has 0 spiro atoms. The second kappa shape index (κ2) is 7.70. The Morgan fingerprint density at radius 2 is 1.85 bits per heavy atom. The van der Waals surface area contributed by atoms with Crippen molar-refractivity contribution in [1.82, 2.24) is 15.6 Å². The first-order valence-corrected chi connectivity index (χ1v) is 8.33. The number of rotatable bonds is 3. The first kappa shape index (κ1) is 19.7. The molecular weight excluding hydrogens is 358 g/mol. The molecule has 2 aromatic rings. The minimum Gasteiger partial charge on any atom is -0.449 e. The van der Waals surface area contributed by atoms with Gasteiger partial charge in [-0.25, -0.2) is 14.6 Å². The molecule has 8 heteroatoms. The maximum absolute atomic E-state index is 12.2. The Balaban J connectivity index is 2.01. The van der Waals surface area contributed by atoms with E-state index in [-0.39, 0.29) is 5.56 Å². The number of aromatic nitrogens is 1. The van der Waals surface area contributed by atoms with Crippen molar-refractivity contribution in [2.45, 2.75) is 39.3 Å². The first-order valence-electron chi connectivity index (χ1n) is 7.95. The lowest BCUT2D eigenvalue weighted by molar-refractivity contribution is -0.127. The van der Waals surface area contributed by atoms with Crippen LogP contribution in [0.5, 0.6) is 0 Å². The molecule has 1 unspecified atom stereocenters. The van der Waals surface area contributed by atoms with Gasteiger partial charge in [-0.15, -0.1) is 0 Å². The number of nitrogens with zero attached hydrogens (tertiary/aromatic N) is 1. The lowest BCUT2D eigenvalue weighted by Crippen LogP contribution is -2.50. The Morgan fingerprint density at radius 1 is 1.15 bits per heavy atom. The summed E-state index contributed by atoms with van der Waals surface area (Å²) >= 11 is 5.83. The molecule has 26 heavy (non-hydrogen) atoms. The number of amides is 3. The monoisotopic (exact) mass is 377 g/mol. The number of urea groups is 1. The zero-order valence-electron chi connectivity index (χ0n) is 14.9. The molecule has 138 valence electrons. The number of ether oxygens (including phenoxy) is 1. The Hall–Kier alpha value is -2.67. The zero-order valence-corrected chi connectivity index (χ0v) is 15.7. The molecule has 7 nitrogen and oxygen atoms in total. The number of hydrogen-bond donors (Lipinski definition) is 2. The van der Waals surface area contributed by atoms with Gasteiger partial charge in [0.25, 0.3) is 5.91 Å². The third-order valence-electron chi connectivity index (χ3n) is 3.27. The molecule has 1 aromatic carbocycles. The highest BCUT2D eigenvalue weighted by atomic mass is 35.5. The SMILES string of the molecule is CC(OC(=O)c1ccc2nc(Cl)ccc2c1)C(=O)NC(=O)NC(C)(C)C. The molecule has 0 saturated carbocycles. The molecule has 1 heterocycles. The van der Waals surface area contributed by atoms with Crippen LogP contribution in [0.15, 0.2) is 30.3 Å². The molecule has 0 fully saturated rings. The first-order chi connectivity index (χ1) is 12.0. The Morgan fingerprint density at radius 3 is 2.50 bits per heavy atom. The highest BCUT2D eigenvalue weighted by Gasteiger charge is 2.22. The lowest BCUT2D eigenvalue weighted by atomic mass is 10.1. The number of fused-ring (bicyclic) bond motifs is 1. The average Bonchev–Trinajstić information content (AvgIpc) is 2.52. The van der Waals surface area contributed by atoms with Crippen LogP contribution in [0, 0.1) is 0 Å². The van der Waals surface area contributed by atoms with Gasteiger partial charge in [0.05, 0.1) is 11.1 Å². The summed E-state index contributed by atoms with van der Waals surface area (Å²) in [7, 11) is 0. The van der Waals surface area contributed by atoms with Crippen LogP contribution in [0.4, 0.5) is 4.79 Å². The number of hydrogen-bond acceptors (Lipinski definition) is 5. The van der Waals surface area contributed by atoms with Gasteiger partial charge >= 0.3 is 12.0 Å². The second-order valence-electron chi connectivity index (χ2n) is 6.78. The summed E-state index contributed by atoms with van der Waals surface area (Å²) in [5, 5.41) is 5.79. The van der Waals surface area contributed by atoms with E-state index in [2.05, 4.69) is 15.6 Å². The number of esters is 1. The van der Waals surface area contributed by atoms with Gasteiger partial charge in [0, 0.05) is 10.9 Å². The van der Waals surface area contributed by atoms with Crippen molar-refractivity contribution in [1.29, 1.82) is 0 Å². The Labute approximate surface area is 156 Å². The number of pyridine rings is 1. The number of carbonyl (C=O) groups excluding carboxylic acids is 3. The van der Waals surface area contributed by atoms with Crippen molar-refractivity contribution in [3.63, 3.8) is 0 Å². The maximum Gasteiger partial charge on any atom is 0.338 e. The van der Waals surface area contributed by atoms with E-state index in [0.29, 0.717) is 16.1 Å². The van der Waals surface area contributed by atoms with Gasteiger partial charge in [-0.05, 0) is 58.0 Å². The van der Waals surface area contributed by atoms with Crippen LogP contribution in [0.1, 0.15) is 38.1 Å². The van der Waals surface area contributed by atoms with Crippen LogP contribution in [0.3, 0.4) is 0 Å². The van der Waals surface area contributed by atoms with Crippen molar-refractivity contribution in [2.24, 2.45) is 0 Å². The van der Waals surface area contributed by atoms with Crippen molar-refractivity contribution in [3.05, 3.63) is 41.0 Å². The zero-order chi connectivity index (χ0) is 19.5. The van der Waals surface area contributed by atoms with Gasteiger partial charge < -0.3 is 10.1 Å². The molecule has 0 aliphatic heterocycles. The van der Waals surface area contributed by atoms with Crippen LogP contribution in [-0.2, 0) is 9.53 Å². The number of halogens is 1. The van der Waals surface area contributed by atoms with E-state index < -0.39 is 29.6 Å². The van der Waals surface area contributed by atoms with E-state index in [1.807, 2.05) is 0 Å². The van der Waals surface area contributed by atoms with Gasteiger partial charge in [0.2, 0.25) is 0 Å². The minimum atomic E-state index is -1.13. The predicted molar refractivity (Wildman–Crippen MR) is 98.1 cm³/mol.